The summed E-state index contributed by atoms with van der Waals surface area (Å²) < 4.78 is 21.5. The van der Waals surface area contributed by atoms with E-state index in [9.17, 15) is 0 Å². The quantitative estimate of drug-likeness (QED) is 0.167. The van der Waals surface area contributed by atoms with Crippen LogP contribution in [0.4, 0.5) is 0 Å². The van der Waals surface area contributed by atoms with Gasteiger partial charge in [-0.1, -0.05) is 109 Å². The summed E-state index contributed by atoms with van der Waals surface area (Å²) in [5.74, 6) is 1.67. The summed E-state index contributed by atoms with van der Waals surface area (Å²) in [4.78, 5) is 15.6. The molecule has 4 heterocycles. The van der Waals surface area contributed by atoms with Gasteiger partial charge in [0.05, 0.1) is 22.2 Å². The normalized spacial score (nSPS) is 15.3. The molecular formula is C45H35BN4O3. The first-order valence-electron chi connectivity index (χ1n) is 18.0. The summed E-state index contributed by atoms with van der Waals surface area (Å²) in [7, 11) is -0.507. The number of rotatable bonds is 5. The Morgan fingerprint density at radius 2 is 1.19 bits per heavy atom. The van der Waals surface area contributed by atoms with Gasteiger partial charge in [-0.3, -0.25) is 4.57 Å². The molecule has 0 radical (unpaired) electrons. The van der Waals surface area contributed by atoms with Crippen LogP contribution in [0.3, 0.4) is 0 Å². The number of aromatic nitrogens is 4. The van der Waals surface area contributed by atoms with Crippen molar-refractivity contribution in [1.29, 1.82) is 0 Å². The van der Waals surface area contributed by atoms with Crippen LogP contribution in [-0.2, 0) is 9.31 Å². The smallest absolute Gasteiger partial charge is 0.456 e. The van der Waals surface area contributed by atoms with Gasteiger partial charge in [0.1, 0.15) is 11.2 Å². The first-order chi connectivity index (χ1) is 25.7. The number of hydrogen-bond acceptors (Lipinski definition) is 6. The van der Waals surface area contributed by atoms with Gasteiger partial charge >= 0.3 is 7.12 Å². The van der Waals surface area contributed by atoms with Gasteiger partial charge < -0.3 is 13.7 Å². The Morgan fingerprint density at radius 1 is 0.509 bits per heavy atom. The van der Waals surface area contributed by atoms with Crippen molar-refractivity contribution in [3.05, 3.63) is 140 Å². The van der Waals surface area contributed by atoms with Crippen molar-refractivity contribution < 1.29 is 13.7 Å². The highest BCUT2D eigenvalue weighted by molar-refractivity contribution is 6.62. The van der Waals surface area contributed by atoms with Crippen LogP contribution in [0.1, 0.15) is 27.7 Å². The molecule has 1 aliphatic rings. The second kappa shape index (κ2) is 11.7. The Hall–Kier alpha value is -6.09. The van der Waals surface area contributed by atoms with Gasteiger partial charge in [0.15, 0.2) is 11.6 Å². The van der Waals surface area contributed by atoms with Gasteiger partial charge in [-0.25, -0.2) is 4.98 Å². The Morgan fingerprint density at radius 3 is 1.96 bits per heavy atom. The molecule has 7 nitrogen and oxygen atoms in total. The third-order valence-corrected chi connectivity index (χ3v) is 10.9. The summed E-state index contributed by atoms with van der Waals surface area (Å²) in [5.41, 5.74) is 7.63. The second-order valence-corrected chi connectivity index (χ2v) is 14.7. The van der Waals surface area contributed by atoms with Crippen LogP contribution < -0.4 is 5.46 Å². The highest BCUT2D eigenvalue weighted by Gasteiger charge is 2.51. The Balaban J connectivity index is 1.20. The van der Waals surface area contributed by atoms with E-state index in [0.717, 1.165) is 65.9 Å². The zero-order chi connectivity index (χ0) is 35.9. The minimum Gasteiger partial charge on any atom is -0.456 e. The van der Waals surface area contributed by atoms with E-state index < -0.39 is 18.3 Å². The molecule has 0 atom stereocenters. The average Bonchev–Trinajstić information content (AvgIpc) is 3.80. The molecule has 10 rings (SSSR count). The van der Waals surface area contributed by atoms with Crippen LogP contribution >= 0.6 is 0 Å². The molecule has 6 aromatic carbocycles. The van der Waals surface area contributed by atoms with Gasteiger partial charge in [0.25, 0.3) is 0 Å². The van der Waals surface area contributed by atoms with Crippen LogP contribution in [0.5, 0.6) is 0 Å². The number of hydrogen-bond donors (Lipinski definition) is 0. The minimum absolute atomic E-state index is 0.457. The fourth-order valence-electron chi connectivity index (χ4n) is 7.46. The molecule has 0 spiro atoms. The largest absolute Gasteiger partial charge is 0.494 e. The summed E-state index contributed by atoms with van der Waals surface area (Å²) in [5, 5.41) is 4.12. The van der Waals surface area contributed by atoms with E-state index in [2.05, 4.69) is 111 Å². The van der Waals surface area contributed by atoms with Crippen LogP contribution in [0.15, 0.2) is 144 Å². The van der Waals surface area contributed by atoms with Crippen molar-refractivity contribution in [2.24, 2.45) is 0 Å². The van der Waals surface area contributed by atoms with E-state index in [1.807, 2.05) is 60.7 Å². The van der Waals surface area contributed by atoms with Crippen molar-refractivity contribution in [2.45, 2.75) is 38.9 Å². The van der Waals surface area contributed by atoms with Crippen molar-refractivity contribution in [1.82, 2.24) is 19.5 Å². The van der Waals surface area contributed by atoms with Crippen molar-refractivity contribution >= 4 is 56.3 Å². The fraction of sp³-hybridized carbons (Fsp3) is 0.133. The van der Waals surface area contributed by atoms with Gasteiger partial charge in [-0.05, 0) is 74.6 Å². The van der Waals surface area contributed by atoms with E-state index >= 15 is 0 Å². The molecule has 3 aromatic heterocycles. The number of fused-ring (bicyclic) bond motifs is 6. The zero-order valence-electron chi connectivity index (χ0n) is 29.9. The van der Waals surface area contributed by atoms with E-state index in [1.165, 1.54) is 5.56 Å². The van der Waals surface area contributed by atoms with E-state index in [-0.39, 0.29) is 0 Å². The monoisotopic (exact) mass is 690 g/mol. The first-order valence-corrected chi connectivity index (χ1v) is 18.0. The van der Waals surface area contributed by atoms with Crippen molar-refractivity contribution in [3.63, 3.8) is 0 Å². The van der Waals surface area contributed by atoms with Gasteiger partial charge in [0, 0.05) is 32.7 Å². The lowest BCUT2D eigenvalue weighted by molar-refractivity contribution is 0.00578. The molecule has 9 aromatic rings. The van der Waals surface area contributed by atoms with Crippen molar-refractivity contribution in [2.75, 3.05) is 0 Å². The summed E-state index contributed by atoms with van der Waals surface area (Å²) in [6, 6.07) is 47.8. The maximum atomic E-state index is 6.44. The molecule has 8 heteroatoms. The summed E-state index contributed by atoms with van der Waals surface area (Å²) >= 11 is 0. The average molecular weight is 691 g/mol. The summed E-state index contributed by atoms with van der Waals surface area (Å²) in [6.07, 6.45) is 0. The Kier molecular flexibility index (Phi) is 6.99. The van der Waals surface area contributed by atoms with E-state index in [1.54, 1.807) is 0 Å². The number of para-hydroxylation sites is 1. The Labute approximate surface area is 307 Å². The predicted octanol–water partition coefficient (Wildman–Crippen LogP) is 10.2. The molecule has 53 heavy (non-hydrogen) atoms. The van der Waals surface area contributed by atoms with Crippen LogP contribution in [-0.4, -0.2) is 37.8 Å². The van der Waals surface area contributed by atoms with Gasteiger partial charge in [-0.2, -0.15) is 9.97 Å². The van der Waals surface area contributed by atoms with Crippen LogP contribution in [0, 0.1) is 0 Å². The highest BCUT2D eigenvalue weighted by Crippen LogP contribution is 2.40. The SMILES string of the molecule is CC1(C)OB(c2ccc3oc4cccc(-c5nc(-c6ccccc6)nc(-n6c7ccccc7c7cc(-c8ccccc8)ccc76)n5)c4c3c2)OC1(C)C. The van der Waals surface area contributed by atoms with Crippen LogP contribution in [0.25, 0.3) is 83.6 Å². The van der Waals surface area contributed by atoms with Gasteiger partial charge in [0.2, 0.25) is 5.95 Å². The summed E-state index contributed by atoms with van der Waals surface area (Å²) in [6.45, 7) is 8.27. The predicted molar refractivity (Wildman–Crippen MR) is 213 cm³/mol. The molecule has 256 valence electrons. The minimum atomic E-state index is -0.507. The second-order valence-electron chi connectivity index (χ2n) is 14.7. The molecule has 0 N–H and O–H groups in total. The molecule has 0 bridgehead atoms. The molecule has 0 unspecified atom stereocenters. The maximum absolute atomic E-state index is 6.44. The molecule has 1 fully saturated rings. The third-order valence-electron chi connectivity index (χ3n) is 10.9. The lowest BCUT2D eigenvalue weighted by Gasteiger charge is -2.32. The molecule has 1 aliphatic heterocycles. The molecular weight excluding hydrogens is 655 g/mol. The number of nitrogens with zero attached hydrogens (tertiary/aromatic N) is 4. The first kappa shape index (κ1) is 31.6. The van der Waals surface area contributed by atoms with Crippen LogP contribution in [0.2, 0.25) is 0 Å². The lowest BCUT2D eigenvalue weighted by Crippen LogP contribution is -2.41. The molecule has 0 amide bonds. The zero-order valence-corrected chi connectivity index (χ0v) is 29.9. The van der Waals surface area contributed by atoms with E-state index in [0.29, 0.717) is 17.6 Å². The third kappa shape index (κ3) is 5.09. The van der Waals surface area contributed by atoms with E-state index in [4.69, 9.17) is 28.7 Å². The standard InChI is InChI=1S/C45H35BN4O3/c1-44(2)45(3,4)53-46(52-44)31-23-25-38-35(27-31)40-33(19-13-21-39(40)51-38)42-47-41(29-16-9-6-10-17-29)48-43(49-42)50-36-20-12-11-18-32(36)34-26-30(22-24-37(34)50)28-14-7-5-8-15-28/h5-27H,1-4H3. The maximum Gasteiger partial charge on any atom is 0.494 e. The topological polar surface area (TPSA) is 75.2 Å². The molecule has 1 saturated heterocycles. The highest BCUT2D eigenvalue weighted by atomic mass is 16.7. The van der Waals surface area contributed by atoms with Gasteiger partial charge in [-0.15, -0.1) is 0 Å². The fourth-order valence-corrected chi connectivity index (χ4v) is 7.46. The number of benzene rings is 6. The van der Waals surface area contributed by atoms with Crippen molar-refractivity contribution in [3.8, 4) is 39.9 Å². The number of furan rings is 1. The Bertz CT molecular complexity index is 2850. The molecule has 0 saturated carbocycles. The lowest BCUT2D eigenvalue weighted by atomic mass is 9.78. The molecule has 0 aliphatic carbocycles.